The van der Waals surface area contributed by atoms with E-state index in [1.54, 1.807) is 0 Å². The van der Waals surface area contributed by atoms with Crippen LogP contribution >= 0.6 is 0 Å². The predicted molar refractivity (Wildman–Crippen MR) is 237 cm³/mol. The molecule has 8 aromatic carbocycles. The average molecular weight is 751 g/mol. The summed E-state index contributed by atoms with van der Waals surface area (Å²) >= 11 is 0. The Bertz CT molecular complexity index is 3570. The van der Waals surface area contributed by atoms with E-state index in [-0.39, 0.29) is 0 Å². The number of hydrogen-bond acceptors (Lipinski definition) is 3. The van der Waals surface area contributed by atoms with Gasteiger partial charge in [-0.05, 0) is 107 Å². The van der Waals surface area contributed by atoms with Crippen molar-refractivity contribution in [2.24, 2.45) is 0 Å². The molecule has 0 N–H and O–H groups in total. The van der Waals surface area contributed by atoms with Crippen molar-refractivity contribution in [3.63, 3.8) is 0 Å². The van der Waals surface area contributed by atoms with Crippen LogP contribution in [0.5, 0.6) is 0 Å². The molecule has 0 atom stereocenters. The Labute approximate surface area is 340 Å². The van der Waals surface area contributed by atoms with E-state index in [0.717, 1.165) is 88.2 Å². The lowest BCUT2D eigenvalue weighted by atomic mass is 9.96. The van der Waals surface area contributed by atoms with E-state index in [0.29, 0.717) is 28.1 Å². The molecule has 6 heteroatoms. The van der Waals surface area contributed by atoms with Crippen LogP contribution in [0.4, 0.5) is 5.69 Å². The molecule has 59 heavy (non-hydrogen) atoms. The highest BCUT2D eigenvalue weighted by atomic mass is 15.0. The van der Waals surface area contributed by atoms with Gasteiger partial charge in [-0.2, -0.15) is 15.8 Å². The van der Waals surface area contributed by atoms with Gasteiger partial charge in [-0.3, -0.25) is 0 Å². The van der Waals surface area contributed by atoms with Gasteiger partial charge in [0, 0.05) is 27.1 Å². The van der Waals surface area contributed by atoms with Gasteiger partial charge in [0.1, 0.15) is 6.07 Å². The van der Waals surface area contributed by atoms with E-state index >= 15 is 0 Å². The summed E-state index contributed by atoms with van der Waals surface area (Å²) in [5.74, 6) is 0. The topological polar surface area (TPSA) is 85.6 Å². The van der Waals surface area contributed by atoms with E-state index in [2.05, 4.69) is 98.9 Å². The summed E-state index contributed by atoms with van der Waals surface area (Å²) in [5.41, 5.74) is 13.8. The minimum absolute atomic E-state index is 0.479. The van der Waals surface area contributed by atoms with Crippen LogP contribution in [0.25, 0.3) is 93.2 Å². The normalized spacial score (nSPS) is 11.1. The first kappa shape index (κ1) is 34.8. The van der Waals surface area contributed by atoms with Gasteiger partial charge < -0.3 is 9.13 Å². The fourth-order valence-corrected chi connectivity index (χ4v) is 8.72. The molecular formula is C53H30N6. The van der Waals surface area contributed by atoms with Crippen molar-refractivity contribution in [2.75, 3.05) is 0 Å². The molecule has 0 aliphatic rings. The van der Waals surface area contributed by atoms with E-state index in [9.17, 15) is 15.8 Å². The van der Waals surface area contributed by atoms with Crippen molar-refractivity contribution in [1.29, 1.82) is 15.8 Å². The van der Waals surface area contributed by atoms with Gasteiger partial charge in [0.2, 0.25) is 0 Å². The minimum Gasteiger partial charge on any atom is -0.309 e. The lowest BCUT2D eigenvalue weighted by Gasteiger charge is -2.19. The molecule has 2 aromatic heterocycles. The maximum absolute atomic E-state index is 11.1. The molecule has 2 heterocycles. The van der Waals surface area contributed by atoms with Crippen LogP contribution < -0.4 is 0 Å². The number of aromatic nitrogens is 2. The smallest absolute Gasteiger partial charge is 0.194 e. The van der Waals surface area contributed by atoms with Gasteiger partial charge in [-0.25, -0.2) is 4.85 Å². The molecule has 0 amide bonds. The Morgan fingerprint density at radius 3 is 1.64 bits per heavy atom. The van der Waals surface area contributed by atoms with Crippen LogP contribution in [0.2, 0.25) is 0 Å². The highest BCUT2D eigenvalue weighted by Gasteiger charge is 2.23. The molecule has 0 unspecified atom stereocenters. The minimum atomic E-state index is 0.479. The van der Waals surface area contributed by atoms with E-state index in [4.69, 9.17) is 6.57 Å². The van der Waals surface area contributed by atoms with Gasteiger partial charge in [-0.1, -0.05) is 97.1 Å². The Kier molecular flexibility index (Phi) is 8.14. The number of rotatable bonds is 5. The Morgan fingerprint density at radius 1 is 0.441 bits per heavy atom. The van der Waals surface area contributed by atoms with Crippen LogP contribution in [0.15, 0.2) is 164 Å². The SMILES string of the molecule is [C-]#[N+]c1ccccc1-c1ccc2c(c1)c1ccccc1n2-c1cc(C#N)c(-n2c3ccccc3c3cc(-c4ccccc4C#N)ccc32)cc1-c1cc(C)cc(C#N)c1. The lowest BCUT2D eigenvalue weighted by Crippen LogP contribution is -2.04. The van der Waals surface area contributed by atoms with E-state index < -0.39 is 0 Å². The summed E-state index contributed by atoms with van der Waals surface area (Å²) in [5, 5.41) is 35.2. The standard InChI is InChI=1S/C53H30N6/c1-33-23-34(30-54)25-38(24-33)44-29-52(58-48-17-9-6-14-42(48)45-26-35(19-21-50(45)58)40-12-4-3-11-37(40)31-55)39(32-56)28-53(44)59-49-18-10-7-15-43(49)46-27-36(20-22-51(46)59)41-13-5-8-16-47(41)57-2/h3-29H,1H3. The number of para-hydroxylation sites is 3. The maximum Gasteiger partial charge on any atom is 0.194 e. The highest BCUT2D eigenvalue weighted by molar-refractivity contribution is 6.13. The number of benzene rings is 8. The first-order valence-corrected chi connectivity index (χ1v) is 19.1. The molecule has 0 bridgehead atoms. The zero-order valence-electron chi connectivity index (χ0n) is 31.8. The van der Waals surface area contributed by atoms with Gasteiger partial charge in [0.05, 0.1) is 68.8 Å². The highest BCUT2D eigenvalue weighted by Crippen LogP contribution is 2.43. The first-order chi connectivity index (χ1) is 29.0. The summed E-state index contributed by atoms with van der Waals surface area (Å²) in [6, 6.07) is 61.5. The Morgan fingerprint density at radius 2 is 1.00 bits per heavy atom. The van der Waals surface area contributed by atoms with Gasteiger partial charge in [0.15, 0.2) is 5.69 Å². The second-order valence-corrected chi connectivity index (χ2v) is 14.7. The molecule has 0 fully saturated rings. The van der Waals surface area contributed by atoms with Crippen molar-refractivity contribution in [2.45, 2.75) is 6.92 Å². The zero-order valence-corrected chi connectivity index (χ0v) is 31.8. The molecule has 10 aromatic rings. The van der Waals surface area contributed by atoms with Gasteiger partial charge >= 0.3 is 0 Å². The van der Waals surface area contributed by atoms with E-state index in [1.165, 1.54) is 0 Å². The van der Waals surface area contributed by atoms with Crippen molar-refractivity contribution in [3.05, 3.63) is 197 Å². The van der Waals surface area contributed by atoms with Crippen molar-refractivity contribution >= 4 is 49.3 Å². The largest absolute Gasteiger partial charge is 0.309 e. The van der Waals surface area contributed by atoms with Crippen LogP contribution in [-0.4, -0.2) is 9.13 Å². The molecule has 10 rings (SSSR count). The van der Waals surface area contributed by atoms with Crippen molar-refractivity contribution < 1.29 is 0 Å². The summed E-state index contributed by atoms with van der Waals surface area (Å²) in [6.07, 6.45) is 0. The average Bonchev–Trinajstić information content (AvgIpc) is 3.80. The molecule has 0 aliphatic carbocycles. The third-order valence-corrected chi connectivity index (χ3v) is 11.3. The summed E-state index contributed by atoms with van der Waals surface area (Å²) in [7, 11) is 0. The van der Waals surface area contributed by atoms with Gasteiger partial charge in [0.25, 0.3) is 0 Å². The summed E-state index contributed by atoms with van der Waals surface area (Å²) in [6.45, 7) is 9.81. The number of nitrogens with zero attached hydrogens (tertiary/aromatic N) is 6. The number of hydrogen-bond donors (Lipinski definition) is 0. The molecule has 272 valence electrons. The summed E-state index contributed by atoms with van der Waals surface area (Å²) in [4.78, 5) is 3.80. The van der Waals surface area contributed by atoms with Crippen LogP contribution in [0, 0.1) is 47.5 Å². The molecule has 0 saturated carbocycles. The molecular weight excluding hydrogens is 721 g/mol. The van der Waals surface area contributed by atoms with Crippen LogP contribution in [0.1, 0.15) is 22.3 Å². The summed E-state index contributed by atoms with van der Waals surface area (Å²) < 4.78 is 4.37. The zero-order chi connectivity index (χ0) is 40.2. The predicted octanol–water partition coefficient (Wildman–Crippen LogP) is 13.4. The number of nitriles is 3. The molecule has 0 radical (unpaired) electrons. The monoisotopic (exact) mass is 750 g/mol. The van der Waals surface area contributed by atoms with Crippen molar-refractivity contribution in [3.8, 4) is 63.0 Å². The third kappa shape index (κ3) is 5.53. The van der Waals surface area contributed by atoms with E-state index in [1.807, 2.05) is 104 Å². The van der Waals surface area contributed by atoms with Crippen molar-refractivity contribution in [1.82, 2.24) is 9.13 Å². The third-order valence-electron chi connectivity index (χ3n) is 11.3. The second kappa shape index (κ2) is 13.8. The first-order valence-electron chi connectivity index (χ1n) is 19.1. The maximum atomic E-state index is 11.1. The lowest BCUT2D eigenvalue weighted by molar-refractivity contribution is 1.13. The second-order valence-electron chi connectivity index (χ2n) is 14.7. The molecule has 0 aliphatic heterocycles. The number of fused-ring (bicyclic) bond motifs is 6. The Hall–Kier alpha value is -8.68. The quantitative estimate of drug-likeness (QED) is 0.164. The Balaban J connectivity index is 1.28. The molecule has 0 saturated heterocycles. The molecule has 0 spiro atoms. The number of aryl methyl sites for hydroxylation is 1. The van der Waals surface area contributed by atoms with Gasteiger partial charge in [-0.15, -0.1) is 0 Å². The fourth-order valence-electron chi connectivity index (χ4n) is 8.72. The molecule has 6 nitrogen and oxygen atoms in total. The van der Waals surface area contributed by atoms with Crippen LogP contribution in [-0.2, 0) is 0 Å². The fraction of sp³-hybridized carbons (Fsp3) is 0.0189. The van der Waals surface area contributed by atoms with Crippen LogP contribution in [0.3, 0.4) is 0 Å².